The molecule has 28 heavy (non-hydrogen) atoms. The summed E-state index contributed by atoms with van der Waals surface area (Å²) in [5, 5.41) is 4.00. The number of carbonyl (C=O) groups excluding carboxylic acids is 2. The van der Waals surface area contributed by atoms with E-state index in [1.54, 1.807) is 36.2 Å². The molecule has 1 aliphatic rings. The third-order valence-electron chi connectivity index (χ3n) is 5.19. The number of aromatic nitrogens is 2. The molecule has 1 saturated carbocycles. The monoisotopic (exact) mass is 387 g/mol. The molecule has 0 aliphatic heterocycles. The first-order valence-electron chi connectivity index (χ1n) is 9.48. The summed E-state index contributed by atoms with van der Waals surface area (Å²) in [5.41, 5.74) is 0.630. The number of benzene rings is 1. The Morgan fingerprint density at radius 1 is 1.21 bits per heavy atom. The summed E-state index contributed by atoms with van der Waals surface area (Å²) < 4.78 is 11.0. The normalized spacial score (nSPS) is 19.2. The first kappa shape index (κ1) is 19.9. The summed E-state index contributed by atoms with van der Waals surface area (Å²) in [5.74, 6) is -0.894. The molecule has 0 saturated heterocycles. The molecule has 0 spiro atoms. The summed E-state index contributed by atoms with van der Waals surface area (Å²) in [6, 6.07) is 9.09. The van der Waals surface area contributed by atoms with E-state index in [1.165, 1.54) is 0 Å². The van der Waals surface area contributed by atoms with Crippen LogP contribution in [0.5, 0.6) is 0 Å². The van der Waals surface area contributed by atoms with Crippen LogP contribution in [0.4, 0.5) is 0 Å². The molecule has 8 heteroatoms. The van der Waals surface area contributed by atoms with Crippen LogP contribution in [0.3, 0.4) is 0 Å². The molecular weight excluding hydrogens is 362 g/mol. The van der Waals surface area contributed by atoms with E-state index >= 15 is 0 Å². The van der Waals surface area contributed by atoms with Crippen molar-refractivity contribution in [1.29, 1.82) is 0 Å². The zero-order valence-corrected chi connectivity index (χ0v) is 16.2. The maximum absolute atomic E-state index is 12.3. The fourth-order valence-corrected chi connectivity index (χ4v) is 3.35. The van der Waals surface area contributed by atoms with E-state index in [0.717, 1.165) is 30.4 Å². The molecule has 0 N–H and O–H groups in total. The van der Waals surface area contributed by atoms with Gasteiger partial charge >= 0.3 is 11.7 Å². The number of rotatable bonds is 6. The molecule has 1 heterocycles. The van der Waals surface area contributed by atoms with Crippen LogP contribution in [0.25, 0.3) is 11.5 Å². The van der Waals surface area contributed by atoms with Crippen molar-refractivity contribution in [3.63, 3.8) is 0 Å². The zero-order valence-electron chi connectivity index (χ0n) is 16.2. The third kappa shape index (κ3) is 4.88. The van der Waals surface area contributed by atoms with Crippen molar-refractivity contribution < 1.29 is 18.7 Å². The number of hydrogen-bond donors (Lipinski definition) is 0. The highest BCUT2D eigenvalue weighted by atomic mass is 16.5. The van der Waals surface area contributed by atoms with Gasteiger partial charge < -0.3 is 14.1 Å². The van der Waals surface area contributed by atoms with E-state index < -0.39 is 18.3 Å². The molecule has 8 nitrogen and oxygen atoms in total. The molecule has 1 aliphatic carbocycles. The van der Waals surface area contributed by atoms with Crippen LogP contribution in [-0.4, -0.2) is 46.3 Å². The second kappa shape index (κ2) is 8.86. The average Bonchev–Trinajstić information content (AvgIpc) is 3.07. The maximum Gasteiger partial charge on any atom is 0.437 e. The number of carbonyl (C=O) groups is 2. The van der Waals surface area contributed by atoms with E-state index in [9.17, 15) is 14.4 Å². The number of ether oxygens (including phenoxy) is 1. The number of esters is 1. The minimum Gasteiger partial charge on any atom is -0.454 e. The Labute approximate surface area is 163 Å². The molecule has 0 unspecified atom stereocenters. The highest BCUT2D eigenvalue weighted by molar-refractivity contribution is 5.80. The van der Waals surface area contributed by atoms with Gasteiger partial charge in [-0.1, -0.05) is 25.1 Å². The second-order valence-corrected chi connectivity index (χ2v) is 7.28. The lowest BCUT2D eigenvalue weighted by Gasteiger charge is -2.33. The minimum absolute atomic E-state index is 0.126. The third-order valence-corrected chi connectivity index (χ3v) is 5.19. The van der Waals surface area contributed by atoms with Crippen LogP contribution < -0.4 is 5.76 Å². The first-order valence-corrected chi connectivity index (χ1v) is 9.48. The summed E-state index contributed by atoms with van der Waals surface area (Å²) in [4.78, 5) is 37.8. The lowest BCUT2D eigenvalue weighted by Crippen LogP contribution is -2.41. The Morgan fingerprint density at radius 3 is 2.57 bits per heavy atom. The Kier molecular flexibility index (Phi) is 6.28. The predicted molar refractivity (Wildman–Crippen MR) is 101 cm³/mol. The molecular formula is C20H25N3O5. The maximum atomic E-state index is 12.3. The highest BCUT2D eigenvalue weighted by Gasteiger charge is 2.25. The summed E-state index contributed by atoms with van der Waals surface area (Å²) in [7, 11) is 1.74. The predicted octanol–water partition coefficient (Wildman–Crippen LogP) is 2.08. The highest BCUT2D eigenvalue weighted by Crippen LogP contribution is 2.26. The Hall–Kier alpha value is -2.90. The van der Waals surface area contributed by atoms with Crippen molar-refractivity contribution in [2.75, 3.05) is 13.7 Å². The van der Waals surface area contributed by atoms with Gasteiger partial charge in [0.05, 0.1) is 0 Å². The molecule has 150 valence electrons. The van der Waals surface area contributed by atoms with Crippen molar-refractivity contribution in [2.45, 2.75) is 45.2 Å². The summed E-state index contributed by atoms with van der Waals surface area (Å²) in [6.45, 7) is 1.46. The largest absolute Gasteiger partial charge is 0.454 e. The van der Waals surface area contributed by atoms with Crippen molar-refractivity contribution in [2.24, 2.45) is 5.92 Å². The smallest absolute Gasteiger partial charge is 0.437 e. The molecule has 0 atom stereocenters. The number of nitrogens with zero attached hydrogens (tertiary/aromatic N) is 3. The molecule has 2 aromatic rings. The van der Waals surface area contributed by atoms with Gasteiger partial charge in [-0.3, -0.25) is 9.59 Å². The quantitative estimate of drug-likeness (QED) is 0.705. The molecule has 0 bridgehead atoms. The Morgan fingerprint density at radius 2 is 1.89 bits per heavy atom. The van der Waals surface area contributed by atoms with Crippen molar-refractivity contribution >= 4 is 11.9 Å². The van der Waals surface area contributed by atoms with E-state index in [1.807, 2.05) is 6.07 Å². The van der Waals surface area contributed by atoms with Crippen LogP contribution >= 0.6 is 0 Å². The van der Waals surface area contributed by atoms with Gasteiger partial charge in [0, 0.05) is 18.7 Å². The SMILES string of the molecule is CC1CCC(N(C)C(=O)COC(=O)Cn2nc(-c3ccccc3)oc2=O)CC1. The van der Waals surface area contributed by atoms with Crippen LogP contribution in [0, 0.1) is 5.92 Å². The number of likely N-dealkylation sites (N-methyl/N-ethyl adjacent to an activating group) is 1. The van der Waals surface area contributed by atoms with E-state index in [-0.39, 0.29) is 24.4 Å². The van der Waals surface area contributed by atoms with Crippen LogP contribution in [0.2, 0.25) is 0 Å². The molecule has 1 amide bonds. The topological polar surface area (TPSA) is 94.6 Å². The van der Waals surface area contributed by atoms with Crippen molar-refractivity contribution in [3.8, 4) is 11.5 Å². The first-order chi connectivity index (χ1) is 13.4. The fourth-order valence-electron chi connectivity index (χ4n) is 3.35. The van der Waals surface area contributed by atoms with E-state index in [0.29, 0.717) is 11.5 Å². The molecule has 1 fully saturated rings. The van der Waals surface area contributed by atoms with Gasteiger partial charge in [0.2, 0.25) is 5.89 Å². The molecule has 1 aromatic carbocycles. The van der Waals surface area contributed by atoms with Gasteiger partial charge in [0.1, 0.15) is 6.54 Å². The Balaban J connectivity index is 1.51. The van der Waals surface area contributed by atoms with Gasteiger partial charge in [-0.15, -0.1) is 5.10 Å². The van der Waals surface area contributed by atoms with Crippen molar-refractivity contribution in [3.05, 3.63) is 40.9 Å². The zero-order chi connectivity index (χ0) is 20.1. The average molecular weight is 387 g/mol. The van der Waals surface area contributed by atoms with Crippen LogP contribution in [0.15, 0.2) is 39.5 Å². The van der Waals surface area contributed by atoms with Gasteiger partial charge in [0.15, 0.2) is 6.61 Å². The van der Waals surface area contributed by atoms with Gasteiger partial charge in [-0.05, 0) is 43.7 Å². The number of amides is 1. The fraction of sp³-hybridized carbons (Fsp3) is 0.500. The Bertz CT molecular complexity index is 865. The van der Waals surface area contributed by atoms with E-state index in [2.05, 4.69) is 12.0 Å². The number of hydrogen-bond acceptors (Lipinski definition) is 6. The van der Waals surface area contributed by atoms with Crippen LogP contribution in [-0.2, 0) is 20.9 Å². The molecule has 1 aromatic heterocycles. The lowest BCUT2D eigenvalue weighted by atomic mass is 9.87. The summed E-state index contributed by atoms with van der Waals surface area (Å²) in [6.07, 6.45) is 4.13. The molecule has 0 radical (unpaired) electrons. The van der Waals surface area contributed by atoms with E-state index in [4.69, 9.17) is 9.15 Å². The van der Waals surface area contributed by atoms with Gasteiger partial charge in [-0.2, -0.15) is 4.68 Å². The standard InChI is InChI=1S/C20H25N3O5/c1-14-8-10-16(11-9-14)22(2)17(24)13-27-18(25)12-23-20(26)28-19(21-23)15-6-4-3-5-7-15/h3-7,14,16H,8-13H2,1-2H3. The van der Waals surface area contributed by atoms with Crippen molar-refractivity contribution in [1.82, 2.24) is 14.7 Å². The summed E-state index contributed by atoms with van der Waals surface area (Å²) >= 11 is 0. The minimum atomic E-state index is -0.754. The second-order valence-electron chi connectivity index (χ2n) is 7.28. The van der Waals surface area contributed by atoms with Gasteiger partial charge in [-0.25, -0.2) is 4.79 Å². The molecule has 3 rings (SSSR count). The lowest BCUT2D eigenvalue weighted by molar-refractivity contribution is -0.153. The van der Waals surface area contributed by atoms with Crippen LogP contribution in [0.1, 0.15) is 32.6 Å². The van der Waals surface area contributed by atoms with Gasteiger partial charge in [0.25, 0.3) is 5.91 Å².